The van der Waals surface area contributed by atoms with Crippen LogP contribution in [0.5, 0.6) is 0 Å². The Kier molecular flexibility index (Phi) is 5.15. The van der Waals surface area contributed by atoms with Crippen LogP contribution in [-0.2, 0) is 13.1 Å². The Morgan fingerprint density at radius 2 is 2.39 bits per heavy atom. The van der Waals surface area contributed by atoms with E-state index in [1.165, 1.54) is 23.6 Å². The fourth-order valence-electron chi connectivity index (χ4n) is 2.18. The van der Waals surface area contributed by atoms with Crippen molar-refractivity contribution in [3.63, 3.8) is 0 Å². The summed E-state index contributed by atoms with van der Waals surface area (Å²) in [4.78, 5) is 2.56. The van der Waals surface area contributed by atoms with E-state index in [4.69, 9.17) is 4.42 Å². The van der Waals surface area contributed by atoms with Gasteiger partial charge in [0.05, 0.1) is 12.8 Å². The lowest BCUT2D eigenvalue weighted by atomic mass is 10.2. The van der Waals surface area contributed by atoms with Gasteiger partial charge in [-0.25, -0.2) is 0 Å². The van der Waals surface area contributed by atoms with Gasteiger partial charge in [0.1, 0.15) is 5.76 Å². The average Bonchev–Trinajstić information content (AvgIpc) is 2.77. The predicted octanol–water partition coefficient (Wildman–Crippen LogP) is 2.71. The maximum Gasteiger partial charge on any atom is 0.122 e. The van der Waals surface area contributed by atoms with Crippen molar-refractivity contribution in [2.75, 3.05) is 18.1 Å². The van der Waals surface area contributed by atoms with Crippen LogP contribution in [0, 0.1) is 0 Å². The summed E-state index contributed by atoms with van der Waals surface area (Å²) in [5, 5.41) is 3.42. The van der Waals surface area contributed by atoms with Gasteiger partial charge in [0.15, 0.2) is 0 Å². The lowest BCUT2D eigenvalue weighted by Gasteiger charge is -2.32. The second-order valence-electron chi connectivity index (χ2n) is 5.30. The highest BCUT2D eigenvalue weighted by Gasteiger charge is 2.20. The van der Waals surface area contributed by atoms with E-state index in [9.17, 15) is 0 Å². The number of nitrogens with zero attached hydrogens (tertiary/aromatic N) is 1. The highest BCUT2D eigenvalue weighted by molar-refractivity contribution is 7.99. The zero-order valence-electron chi connectivity index (χ0n) is 11.6. The molecule has 2 heterocycles. The van der Waals surface area contributed by atoms with E-state index < -0.39 is 0 Å². The van der Waals surface area contributed by atoms with Crippen LogP contribution in [0.3, 0.4) is 0 Å². The average molecular weight is 268 g/mol. The van der Waals surface area contributed by atoms with Crippen molar-refractivity contribution in [1.29, 1.82) is 0 Å². The topological polar surface area (TPSA) is 28.4 Å². The quantitative estimate of drug-likeness (QED) is 0.889. The van der Waals surface area contributed by atoms with E-state index >= 15 is 0 Å². The third kappa shape index (κ3) is 3.77. The van der Waals surface area contributed by atoms with Crippen LogP contribution in [0.25, 0.3) is 0 Å². The normalized spacial score (nSPS) is 21.7. The molecule has 0 radical (unpaired) electrons. The molecule has 1 unspecified atom stereocenters. The van der Waals surface area contributed by atoms with Crippen molar-refractivity contribution in [2.45, 2.75) is 45.9 Å². The Bertz CT molecular complexity index is 364. The molecule has 0 saturated carbocycles. The number of thioether (sulfide) groups is 1. The van der Waals surface area contributed by atoms with Gasteiger partial charge in [0, 0.05) is 42.2 Å². The van der Waals surface area contributed by atoms with E-state index in [1.807, 2.05) is 6.26 Å². The molecule has 0 bridgehead atoms. The number of nitrogens with one attached hydrogen (secondary N) is 1. The Morgan fingerprint density at radius 3 is 3.11 bits per heavy atom. The molecule has 1 N–H and O–H groups in total. The highest BCUT2D eigenvalue weighted by Crippen LogP contribution is 2.20. The van der Waals surface area contributed by atoms with Crippen molar-refractivity contribution >= 4 is 11.8 Å². The molecule has 0 amide bonds. The molecule has 0 aromatic carbocycles. The van der Waals surface area contributed by atoms with Gasteiger partial charge in [-0.05, 0) is 13.0 Å². The van der Waals surface area contributed by atoms with Crippen LogP contribution in [0.15, 0.2) is 16.7 Å². The van der Waals surface area contributed by atoms with Crippen LogP contribution < -0.4 is 5.32 Å². The second-order valence-corrected chi connectivity index (χ2v) is 6.45. The Hall–Kier alpha value is -0.450. The van der Waals surface area contributed by atoms with Crippen LogP contribution in [0.2, 0.25) is 0 Å². The summed E-state index contributed by atoms with van der Waals surface area (Å²) in [7, 11) is 0. The largest absolute Gasteiger partial charge is 0.468 e. The van der Waals surface area contributed by atoms with Crippen LogP contribution in [0.4, 0.5) is 0 Å². The van der Waals surface area contributed by atoms with Gasteiger partial charge in [-0.3, -0.25) is 4.90 Å². The first-order valence-corrected chi connectivity index (χ1v) is 7.92. The number of furan rings is 1. The van der Waals surface area contributed by atoms with Crippen molar-refractivity contribution < 1.29 is 4.42 Å². The molecule has 1 fully saturated rings. The first-order chi connectivity index (χ1) is 8.66. The van der Waals surface area contributed by atoms with E-state index in [0.717, 1.165) is 18.8 Å². The molecule has 1 aromatic rings. The van der Waals surface area contributed by atoms with Crippen molar-refractivity contribution in [1.82, 2.24) is 10.2 Å². The standard InChI is InChI=1S/C14H24N2OS/c1-11(2)15-8-14-13(4-6-17-14)9-16-5-7-18-10-12(16)3/h4,6,11-12,15H,5,7-10H2,1-3H3. The van der Waals surface area contributed by atoms with E-state index in [2.05, 4.69) is 48.8 Å². The summed E-state index contributed by atoms with van der Waals surface area (Å²) in [5.41, 5.74) is 1.34. The molecular weight excluding hydrogens is 244 g/mol. The maximum absolute atomic E-state index is 5.60. The molecule has 4 heteroatoms. The summed E-state index contributed by atoms with van der Waals surface area (Å²) < 4.78 is 5.60. The van der Waals surface area contributed by atoms with Crippen LogP contribution >= 0.6 is 11.8 Å². The van der Waals surface area contributed by atoms with E-state index in [-0.39, 0.29) is 0 Å². The summed E-state index contributed by atoms with van der Waals surface area (Å²) in [6.45, 7) is 9.68. The van der Waals surface area contributed by atoms with E-state index in [0.29, 0.717) is 12.1 Å². The molecule has 18 heavy (non-hydrogen) atoms. The Balaban J connectivity index is 1.94. The van der Waals surface area contributed by atoms with Gasteiger partial charge in [0.2, 0.25) is 0 Å². The first-order valence-electron chi connectivity index (χ1n) is 6.77. The molecule has 1 aliphatic heterocycles. The lowest BCUT2D eigenvalue weighted by Crippen LogP contribution is -2.39. The molecule has 2 rings (SSSR count). The minimum absolute atomic E-state index is 0.494. The predicted molar refractivity (Wildman–Crippen MR) is 77.9 cm³/mol. The molecule has 0 aliphatic carbocycles. The summed E-state index contributed by atoms with van der Waals surface area (Å²) >= 11 is 2.06. The van der Waals surface area contributed by atoms with Gasteiger partial charge in [0.25, 0.3) is 0 Å². The minimum Gasteiger partial charge on any atom is -0.468 e. The Morgan fingerprint density at radius 1 is 1.56 bits per heavy atom. The first kappa shape index (κ1) is 14.0. The maximum atomic E-state index is 5.60. The zero-order valence-corrected chi connectivity index (χ0v) is 12.4. The molecule has 1 saturated heterocycles. The smallest absolute Gasteiger partial charge is 0.122 e. The summed E-state index contributed by atoms with van der Waals surface area (Å²) in [5.74, 6) is 3.59. The van der Waals surface area contributed by atoms with Crippen LogP contribution in [0.1, 0.15) is 32.1 Å². The van der Waals surface area contributed by atoms with Crippen molar-refractivity contribution in [3.05, 3.63) is 23.7 Å². The molecule has 1 aliphatic rings. The van der Waals surface area contributed by atoms with Crippen molar-refractivity contribution in [3.8, 4) is 0 Å². The molecule has 102 valence electrons. The second kappa shape index (κ2) is 6.64. The molecule has 0 spiro atoms. The highest BCUT2D eigenvalue weighted by atomic mass is 32.2. The fourth-order valence-corrected chi connectivity index (χ4v) is 3.26. The van der Waals surface area contributed by atoms with Gasteiger partial charge in [-0.2, -0.15) is 11.8 Å². The number of hydrogen-bond acceptors (Lipinski definition) is 4. The molecule has 3 nitrogen and oxygen atoms in total. The molecule has 1 aromatic heterocycles. The third-order valence-corrected chi connectivity index (χ3v) is 4.58. The molecule has 1 atom stereocenters. The number of hydrogen-bond donors (Lipinski definition) is 1. The van der Waals surface area contributed by atoms with Gasteiger partial charge in [-0.15, -0.1) is 0 Å². The van der Waals surface area contributed by atoms with Gasteiger partial charge >= 0.3 is 0 Å². The monoisotopic (exact) mass is 268 g/mol. The zero-order chi connectivity index (χ0) is 13.0. The molecular formula is C14H24N2OS. The summed E-state index contributed by atoms with van der Waals surface area (Å²) in [6, 6.07) is 3.28. The number of rotatable bonds is 5. The van der Waals surface area contributed by atoms with Gasteiger partial charge in [-0.1, -0.05) is 13.8 Å². The SMILES string of the molecule is CC(C)NCc1occc1CN1CCSCC1C. The van der Waals surface area contributed by atoms with Gasteiger partial charge < -0.3 is 9.73 Å². The lowest BCUT2D eigenvalue weighted by molar-refractivity contribution is 0.222. The van der Waals surface area contributed by atoms with Crippen molar-refractivity contribution in [2.24, 2.45) is 0 Å². The Labute approximate surface area is 114 Å². The summed E-state index contributed by atoms with van der Waals surface area (Å²) in [6.07, 6.45) is 1.82. The third-order valence-electron chi connectivity index (χ3n) is 3.39. The minimum atomic E-state index is 0.494. The fraction of sp³-hybridized carbons (Fsp3) is 0.714. The van der Waals surface area contributed by atoms with E-state index in [1.54, 1.807) is 0 Å². The van der Waals surface area contributed by atoms with Crippen LogP contribution in [-0.4, -0.2) is 35.0 Å².